The van der Waals surface area contributed by atoms with Crippen molar-refractivity contribution in [3.63, 3.8) is 0 Å². The minimum absolute atomic E-state index is 0. The molecule has 0 aliphatic carbocycles. The summed E-state index contributed by atoms with van der Waals surface area (Å²) < 4.78 is 4.43. The molecule has 1 aromatic rings. The van der Waals surface area contributed by atoms with Gasteiger partial charge in [0.2, 0.25) is 5.13 Å². The van der Waals surface area contributed by atoms with Crippen LogP contribution in [0.1, 0.15) is 26.6 Å². The molecule has 2 aliphatic rings. The Balaban J connectivity index is 0.00000320. The van der Waals surface area contributed by atoms with Gasteiger partial charge in [-0.1, -0.05) is 13.8 Å². The largest absolute Gasteiger partial charge is 0.357 e. The molecular formula is C20H39IN8S. The summed E-state index contributed by atoms with van der Waals surface area (Å²) in [5.74, 6) is 2.59. The van der Waals surface area contributed by atoms with Gasteiger partial charge in [-0.3, -0.25) is 4.99 Å². The smallest absolute Gasteiger partial charge is 0.205 e. The Labute approximate surface area is 203 Å². The highest BCUT2D eigenvalue weighted by molar-refractivity contribution is 14.0. The third kappa shape index (κ3) is 7.45. The fourth-order valence-electron chi connectivity index (χ4n) is 3.82. The number of aryl methyl sites for hydroxylation is 1. The molecule has 3 heterocycles. The van der Waals surface area contributed by atoms with E-state index in [0.29, 0.717) is 5.92 Å². The molecule has 8 nitrogen and oxygen atoms in total. The van der Waals surface area contributed by atoms with E-state index in [1.165, 1.54) is 37.7 Å². The average Bonchev–Trinajstić information content (AvgIpc) is 3.22. The highest BCUT2D eigenvalue weighted by Gasteiger charge is 2.22. The third-order valence-corrected chi connectivity index (χ3v) is 6.49. The van der Waals surface area contributed by atoms with Crippen molar-refractivity contribution in [1.82, 2.24) is 29.4 Å². The minimum atomic E-state index is 0. The minimum Gasteiger partial charge on any atom is -0.357 e. The van der Waals surface area contributed by atoms with Crippen LogP contribution in [-0.2, 0) is 6.42 Å². The van der Waals surface area contributed by atoms with Crippen LogP contribution in [-0.4, -0.2) is 109 Å². The molecule has 172 valence electrons. The molecule has 1 atom stereocenters. The number of rotatable bonds is 7. The van der Waals surface area contributed by atoms with Gasteiger partial charge in [0.15, 0.2) is 5.96 Å². The number of halogens is 1. The molecule has 2 aliphatic heterocycles. The van der Waals surface area contributed by atoms with Crippen molar-refractivity contribution in [2.45, 2.75) is 27.2 Å². The van der Waals surface area contributed by atoms with Crippen LogP contribution in [0.2, 0.25) is 0 Å². The van der Waals surface area contributed by atoms with E-state index in [9.17, 15) is 0 Å². The van der Waals surface area contributed by atoms with Crippen LogP contribution in [0.4, 0.5) is 5.13 Å². The van der Waals surface area contributed by atoms with E-state index < -0.39 is 0 Å². The topological polar surface area (TPSA) is 63.1 Å². The Bertz CT molecular complexity index is 639. The summed E-state index contributed by atoms with van der Waals surface area (Å²) in [7, 11) is 2.21. The first kappa shape index (κ1) is 25.5. The molecule has 2 saturated heterocycles. The average molecular weight is 551 g/mol. The van der Waals surface area contributed by atoms with Gasteiger partial charge in [0.25, 0.3) is 0 Å². The molecule has 1 unspecified atom stereocenters. The van der Waals surface area contributed by atoms with Gasteiger partial charge >= 0.3 is 0 Å². The number of guanidine groups is 1. The molecule has 30 heavy (non-hydrogen) atoms. The lowest BCUT2D eigenvalue weighted by molar-refractivity contribution is 0.140. The van der Waals surface area contributed by atoms with E-state index in [-0.39, 0.29) is 24.0 Å². The van der Waals surface area contributed by atoms with E-state index in [2.05, 4.69) is 62.1 Å². The quantitative estimate of drug-likeness (QED) is 0.315. The normalized spacial score (nSPS) is 20.2. The summed E-state index contributed by atoms with van der Waals surface area (Å²) in [5, 5.41) is 4.56. The molecule has 0 amide bonds. The van der Waals surface area contributed by atoms with Gasteiger partial charge in [0, 0.05) is 89.9 Å². The standard InChI is InChI=1S/C20H38N8S.HI/c1-5-18-23-20(29-24-18)28-13-11-27(12-14-28)19(21-6-2)22-15-17(3)16-26-9-7-25(4)8-10-26;/h17H,5-16H2,1-4H3,(H,21,22);1H. The van der Waals surface area contributed by atoms with Crippen LogP contribution in [0.15, 0.2) is 4.99 Å². The van der Waals surface area contributed by atoms with Crippen LogP contribution < -0.4 is 10.2 Å². The van der Waals surface area contributed by atoms with Crippen molar-refractivity contribution >= 4 is 46.6 Å². The highest BCUT2D eigenvalue weighted by Crippen LogP contribution is 2.19. The van der Waals surface area contributed by atoms with Gasteiger partial charge in [-0.15, -0.1) is 24.0 Å². The molecule has 2 fully saturated rings. The lowest BCUT2D eigenvalue weighted by Gasteiger charge is -2.36. The zero-order valence-electron chi connectivity index (χ0n) is 19.0. The Morgan fingerprint density at radius 1 is 1.10 bits per heavy atom. The second kappa shape index (κ2) is 13.0. The predicted octanol–water partition coefficient (Wildman–Crippen LogP) is 1.69. The maximum absolute atomic E-state index is 4.98. The third-order valence-electron chi connectivity index (χ3n) is 5.68. The molecular weight excluding hydrogens is 511 g/mol. The maximum atomic E-state index is 4.98. The summed E-state index contributed by atoms with van der Waals surface area (Å²) in [4.78, 5) is 19.4. The van der Waals surface area contributed by atoms with E-state index in [4.69, 9.17) is 4.99 Å². The van der Waals surface area contributed by atoms with Crippen molar-refractivity contribution in [3.8, 4) is 0 Å². The number of anilines is 1. The number of piperazine rings is 2. The van der Waals surface area contributed by atoms with Crippen LogP contribution >= 0.6 is 35.5 Å². The Hall–Kier alpha value is -0.720. The Kier molecular flexibility index (Phi) is 11.0. The zero-order chi connectivity index (χ0) is 20.6. The van der Waals surface area contributed by atoms with Crippen molar-refractivity contribution in [2.24, 2.45) is 10.9 Å². The lowest BCUT2D eigenvalue weighted by Crippen LogP contribution is -2.52. The summed E-state index contributed by atoms with van der Waals surface area (Å²) in [5.41, 5.74) is 0. The molecule has 10 heteroatoms. The fourth-order valence-corrected chi connectivity index (χ4v) is 4.62. The molecule has 1 aromatic heterocycles. The lowest BCUT2D eigenvalue weighted by atomic mass is 10.1. The molecule has 0 spiro atoms. The van der Waals surface area contributed by atoms with Crippen LogP contribution in [0.3, 0.4) is 0 Å². The van der Waals surface area contributed by atoms with Crippen molar-refractivity contribution in [3.05, 3.63) is 5.82 Å². The van der Waals surface area contributed by atoms with E-state index in [0.717, 1.165) is 69.1 Å². The van der Waals surface area contributed by atoms with Gasteiger partial charge in [0.1, 0.15) is 5.82 Å². The first-order valence-electron chi connectivity index (χ1n) is 11.1. The second-order valence-electron chi connectivity index (χ2n) is 8.22. The van der Waals surface area contributed by atoms with Gasteiger partial charge < -0.3 is 24.9 Å². The number of nitrogens with zero attached hydrogens (tertiary/aromatic N) is 7. The van der Waals surface area contributed by atoms with Gasteiger partial charge in [-0.25, -0.2) is 4.98 Å². The number of nitrogens with one attached hydrogen (secondary N) is 1. The Morgan fingerprint density at radius 2 is 1.80 bits per heavy atom. The first-order valence-corrected chi connectivity index (χ1v) is 11.9. The zero-order valence-corrected chi connectivity index (χ0v) is 22.2. The molecule has 0 radical (unpaired) electrons. The molecule has 0 bridgehead atoms. The van der Waals surface area contributed by atoms with E-state index in [1.807, 2.05) is 0 Å². The highest BCUT2D eigenvalue weighted by atomic mass is 127. The summed E-state index contributed by atoms with van der Waals surface area (Å²) >= 11 is 1.52. The molecule has 0 aromatic carbocycles. The van der Waals surface area contributed by atoms with Crippen molar-refractivity contribution < 1.29 is 0 Å². The summed E-state index contributed by atoms with van der Waals surface area (Å²) in [6.45, 7) is 18.1. The van der Waals surface area contributed by atoms with Gasteiger partial charge in [0.05, 0.1) is 0 Å². The maximum Gasteiger partial charge on any atom is 0.205 e. The molecule has 3 rings (SSSR count). The predicted molar refractivity (Wildman–Crippen MR) is 138 cm³/mol. The summed E-state index contributed by atoms with van der Waals surface area (Å²) in [6, 6.07) is 0. The number of hydrogen-bond acceptors (Lipinski definition) is 7. The first-order chi connectivity index (χ1) is 14.1. The monoisotopic (exact) mass is 550 g/mol. The number of aromatic nitrogens is 2. The molecule has 1 N–H and O–H groups in total. The molecule has 0 saturated carbocycles. The van der Waals surface area contributed by atoms with Gasteiger partial charge in [-0.05, 0) is 19.9 Å². The number of hydrogen-bond donors (Lipinski definition) is 1. The van der Waals surface area contributed by atoms with Gasteiger partial charge in [-0.2, -0.15) is 4.37 Å². The second-order valence-corrected chi connectivity index (χ2v) is 8.95. The van der Waals surface area contributed by atoms with E-state index >= 15 is 0 Å². The van der Waals surface area contributed by atoms with Crippen LogP contribution in [0, 0.1) is 5.92 Å². The SMILES string of the molecule is CCNC(=NCC(C)CN1CCN(C)CC1)N1CCN(c2nc(CC)ns2)CC1.I. The van der Waals surface area contributed by atoms with Crippen LogP contribution in [0.5, 0.6) is 0 Å². The van der Waals surface area contributed by atoms with Crippen molar-refractivity contribution in [2.75, 3.05) is 83.9 Å². The number of likely N-dealkylation sites (N-methyl/N-ethyl adjacent to an activating group) is 1. The number of aliphatic imine (C=N–C) groups is 1. The summed E-state index contributed by atoms with van der Waals surface area (Å²) in [6.07, 6.45) is 0.903. The Morgan fingerprint density at radius 3 is 2.40 bits per heavy atom. The van der Waals surface area contributed by atoms with Crippen molar-refractivity contribution in [1.29, 1.82) is 0 Å². The van der Waals surface area contributed by atoms with Crippen LogP contribution in [0.25, 0.3) is 0 Å². The fraction of sp³-hybridized carbons (Fsp3) is 0.850. The van der Waals surface area contributed by atoms with E-state index in [1.54, 1.807) is 0 Å².